The lowest BCUT2D eigenvalue weighted by Gasteiger charge is -2.30. The van der Waals surface area contributed by atoms with E-state index in [9.17, 15) is 0 Å². The molecule has 0 bridgehead atoms. The third-order valence-corrected chi connectivity index (χ3v) is 8.72. The fourth-order valence-corrected chi connectivity index (χ4v) is 6.60. The lowest BCUT2D eigenvalue weighted by Crippen LogP contribution is -2.26. The fourth-order valence-electron chi connectivity index (χ4n) is 6.60. The van der Waals surface area contributed by atoms with E-state index in [2.05, 4.69) is 161 Å². The number of hydrogen-bond donors (Lipinski definition) is 2. The number of nitrogens with zero attached hydrogens (tertiary/aromatic N) is 2. The van der Waals surface area contributed by atoms with Gasteiger partial charge in [-0.15, -0.1) is 0 Å². The van der Waals surface area contributed by atoms with Crippen LogP contribution in [-0.2, 0) is 0 Å². The van der Waals surface area contributed by atoms with Crippen LogP contribution >= 0.6 is 0 Å². The standard InChI is InChI=1S/C40H30N4/c1-27-32-14-7-8-16-35(32)37-26-42-24-22-38(37)44(31-12-3-2-4-13-31)39(27)36-23-25-43(40(36)41)30-20-18-29(19-21-30)34-17-9-11-28-10-5-6-15-33(28)34/h2-21,23,25,42H,26,41H2,1H3. The lowest BCUT2D eigenvalue weighted by molar-refractivity contribution is 1.01. The molecule has 3 N–H and O–H groups in total. The van der Waals surface area contributed by atoms with Crippen molar-refractivity contribution >= 4 is 39.1 Å². The predicted octanol–water partition coefficient (Wildman–Crippen LogP) is 8.56. The van der Waals surface area contributed by atoms with E-state index in [0.29, 0.717) is 12.4 Å². The van der Waals surface area contributed by atoms with Crippen molar-refractivity contribution < 1.29 is 0 Å². The van der Waals surface area contributed by atoms with Gasteiger partial charge in [0.2, 0.25) is 0 Å². The number of anilines is 2. The summed E-state index contributed by atoms with van der Waals surface area (Å²) in [6.45, 7) is 2.86. The van der Waals surface area contributed by atoms with Gasteiger partial charge in [0.15, 0.2) is 0 Å². The van der Waals surface area contributed by atoms with E-state index in [1.165, 1.54) is 38.6 Å². The number of hydrogen-bond acceptors (Lipinski definition) is 3. The van der Waals surface area contributed by atoms with Crippen molar-refractivity contribution in [1.29, 1.82) is 0 Å². The molecule has 8 rings (SSSR count). The normalized spacial score (nSPS) is 14.0. The summed E-state index contributed by atoms with van der Waals surface area (Å²) < 4.78 is 2.08. The Morgan fingerprint density at radius 3 is 2.20 bits per heavy atom. The van der Waals surface area contributed by atoms with Gasteiger partial charge in [0.1, 0.15) is 11.5 Å². The molecule has 0 unspecified atom stereocenters. The van der Waals surface area contributed by atoms with Crippen LogP contribution in [0, 0.1) is 12.0 Å². The van der Waals surface area contributed by atoms with E-state index >= 15 is 0 Å². The number of benzene rings is 5. The zero-order valence-corrected chi connectivity index (χ0v) is 24.4. The van der Waals surface area contributed by atoms with E-state index in [4.69, 9.17) is 5.73 Å². The third-order valence-electron chi connectivity index (χ3n) is 8.72. The number of aromatic nitrogens is 1. The first-order chi connectivity index (χ1) is 21.7. The maximum absolute atomic E-state index is 7.07. The van der Waals surface area contributed by atoms with Gasteiger partial charge < -0.3 is 20.5 Å². The zero-order chi connectivity index (χ0) is 29.6. The lowest BCUT2D eigenvalue weighted by atomic mass is 9.93. The summed E-state index contributed by atoms with van der Waals surface area (Å²) in [6.07, 6.45) is 2.07. The van der Waals surface area contributed by atoms with E-state index in [-0.39, 0.29) is 0 Å². The summed E-state index contributed by atoms with van der Waals surface area (Å²) in [5.41, 5.74) is 19.2. The Morgan fingerprint density at radius 1 is 0.659 bits per heavy atom. The second kappa shape index (κ2) is 10.4. The number of allylic oxidation sites excluding steroid dienone is 2. The minimum Gasteiger partial charge on any atom is -0.384 e. The minimum atomic E-state index is 0.669. The SMILES string of the molecule is CC1=C(c2ccn(-c3ccc(-c4cccc5ccccc45)cc3)c2N)N(c2ccccc2)C2=C(CNC#C2)c2ccccc21. The Balaban J connectivity index is 1.27. The van der Waals surface area contributed by atoms with Crippen molar-refractivity contribution in [2.45, 2.75) is 6.92 Å². The van der Waals surface area contributed by atoms with E-state index in [0.717, 1.165) is 33.9 Å². The summed E-state index contributed by atoms with van der Waals surface area (Å²) in [5.74, 6) is 4.11. The first-order valence-corrected chi connectivity index (χ1v) is 14.9. The summed E-state index contributed by atoms with van der Waals surface area (Å²) in [7, 11) is 0. The topological polar surface area (TPSA) is 46.2 Å². The molecule has 0 saturated heterocycles. The monoisotopic (exact) mass is 566 g/mol. The number of rotatable bonds is 4. The van der Waals surface area contributed by atoms with Crippen LogP contribution in [0.5, 0.6) is 0 Å². The molecule has 1 aromatic heterocycles. The molecule has 0 fully saturated rings. The molecule has 2 aliphatic rings. The number of fused-ring (bicyclic) bond motifs is 3. The van der Waals surface area contributed by atoms with E-state index in [1.54, 1.807) is 0 Å². The number of nitrogens with two attached hydrogens (primary N) is 1. The van der Waals surface area contributed by atoms with Crippen LogP contribution in [0.1, 0.15) is 23.6 Å². The average Bonchev–Trinajstić information content (AvgIpc) is 3.42. The molecule has 0 aliphatic carbocycles. The largest absolute Gasteiger partial charge is 0.384 e. The predicted molar refractivity (Wildman–Crippen MR) is 184 cm³/mol. The van der Waals surface area contributed by atoms with Gasteiger partial charge >= 0.3 is 0 Å². The number of para-hydroxylation sites is 1. The van der Waals surface area contributed by atoms with Crippen LogP contribution < -0.4 is 16.0 Å². The Bertz CT molecular complexity index is 2180. The maximum Gasteiger partial charge on any atom is 0.117 e. The molecular formula is C40H30N4. The van der Waals surface area contributed by atoms with Gasteiger partial charge in [-0.25, -0.2) is 0 Å². The van der Waals surface area contributed by atoms with Crippen molar-refractivity contribution in [3.05, 3.63) is 156 Å². The molecule has 0 radical (unpaired) electrons. The van der Waals surface area contributed by atoms with Crippen LogP contribution in [0.4, 0.5) is 11.5 Å². The highest BCUT2D eigenvalue weighted by molar-refractivity contribution is 6.07. The molecule has 4 nitrogen and oxygen atoms in total. The zero-order valence-electron chi connectivity index (χ0n) is 24.4. The number of nitrogens with one attached hydrogen (secondary N) is 1. The van der Waals surface area contributed by atoms with E-state index in [1.807, 2.05) is 6.07 Å². The van der Waals surface area contributed by atoms with E-state index < -0.39 is 0 Å². The van der Waals surface area contributed by atoms with Gasteiger partial charge in [-0.1, -0.05) is 97.1 Å². The van der Waals surface area contributed by atoms with Crippen LogP contribution in [0.3, 0.4) is 0 Å². The van der Waals surface area contributed by atoms with Gasteiger partial charge in [0.25, 0.3) is 0 Å². The van der Waals surface area contributed by atoms with Crippen LogP contribution in [0.15, 0.2) is 139 Å². The van der Waals surface area contributed by atoms with Crippen LogP contribution in [-0.4, -0.2) is 11.1 Å². The molecule has 0 spiro atoms. The molecular weight excluding hydrogens is 536 g/mol. The molecule has 2 aliphatic heterocycles. The third kappa shape index (κ3) is 4.10. The smallest absolute Gasteiger partial charge is 0.117 e. The Kier molecular flexibility index (Phi) is 6.10. The molecule has 0 amide bonds. The Hall–Kier alpha value is -5.92. The molecule has 4 heteroatoms. The van der Waals surface area contributed by atoms with Gasteiger partial charge in [0.05, 0.1) is 12.2 Å². The molecule has 3 heterocycles. The highest BCUT2D eigenvalue weighted by Gasteiger charge is 2.31. The van der Waals surface area contributed by atoms with Crippen molar-refractivity contribution in [1.82, 2.24) is 9.88 Å². The fraction of sp³-hybridized carbons (Fsp3) is 0.0500. The molecule has 0 saturated carbocycles. The molecule has 6 aromatic rings. The summed E-state index contributed by atoms with van der Waals surface area (Å²) in [6, 6.07) is 48.0. The van der Waals surface area contributed by atoms with Crippen LogP contribution in [0.25, 0.3) is 44.4 Å². The van der Waals surface area contributed by atoms with Crippen molar-refractivity contribution in [2.24, 2.45) is 0 Å². The second-order valence-electron chi connectivity index (χ2n) is 11.2. The minimum absolute atomic E-state index is 0.669. The summed E-state index contributed by atoms with van der Waals surface area (Å²) >= 11 is 0. The first kappa shape index (κ1) is 25.8. The van der Waals surface area contributed by atoms with Crippen LogP contribution in [0.2, 0.25) is 0 Å². The number of nitrogen functional groups attached to an aromatic ring is 1. The van der Waals surface area contributed by atoms with Gasteiger partial charge in [-0.2, -0.15) is 0 Å². The molecule has 5 aromatic carbocycles. The van der Waals surface area contributed by atoms with Crippen molar-refractivity contribution in [3.8, 4) is 28.8 Å². The maximum atomic E-state index is 7.07. The quantitative estimate of drug-likeness (QED) is 0.210. The highest BCUT2D eigenvalue weighted by atomic mass is 15.2. The molecule has 0 atom stereocenters. The average molecular weight is 567 g/mol. The first-order valence-electron chi connectivity index (χ1n) is 14.9. The van der Waals surface area contributed by atoms with Gasteiger partial charge in [0, 0.05) is 34.8 Å². The Labute approximate surface area is 257 Å². The molecule has 44 heavy (non-hydrogen) atoms. The highest BCUT2D eigenvalue weighted by Crippen LogP contribution is 2.45. The molecule has 210 valence electrons. The van der Waals surface area contributed by atoms with Crippen molar-refractivity contribution in [2.75, 3.05) is 17.2 Å². The Morgan fingerprint density at radius 2 is 1.36 bits per heavy atom. The van der Waals surface area contributed by atoms with Crippen molar-refractivity contribution in [3.63, 3.8) is 0 Å². The summed E-state index contributed by atoms with van der Waals surface area (Å²) in [4.78, 5) is 2.29. The summed E-state index contributed by atoms with van der Waals surface area (Å²) in [5, 5.41) is 5.75. The van der Waals surface area contributed by atoms with Gasteiger partial charge in [-0.05, 0) is 81.8 Å². The van der Waals surface area contributed by atoms with Gasteiger partial charge in [-0.3, -0.25) is 0 Å². The second-order valence-corrected chi connectivity index (χ2v) is 11.2.